The first-order chi connectivity index (χ1) is 12.8. The van der Waals surface area contributed by atoms with Crippen LogP contribution >= 0.6 is 0 Å². The summed E-state index contributed by atoms with van der Waals surface area (Å²) >= 11 is 0. The molecule has 1 aromatic rings. The van der Waals surface area contributed by atoms with Crippen LogP contribution < -0.4 is 10.6 Å². The third kappa shape index (κ3) is 3.65. The molecule has 0 aromatic heterocycles. The number of hydrogen-bond donors (Lipinski definition) is 2. The number of hydrogen-bond acceptors (Lipinski definition) is 4. The molecule has 0 bridgehead atoms. The van der Waals surface area contributed by atoms with Crippen molar-refractivity contribution in [2.75, 3.05) is 19.6 Å². The molecule has 1 aromatic carbocycles. The van der Waals surface area contributed by atoms with E-state index in [0.717, 1.165) is 0 Å². The third-order valence-corrected chi connectivity index (χ3v) is 5.12. The summed E-state index contributed by atoms with van der Waals surface area (Å²) in [6, 6.07) is 8.12. The molecule has 3 rings (SSSR count). The Hall–Kier alpha value is -2.90. The molecule has 2 saturated heterocycles. The zero-order valence-electron chi connectivity index (χ0n) is 15.5. The first-order valence-corrected chi connectivity index (χ1v) is 9.11. The summed E-state index contributed by atoms with van der Waals surface area (Å²) in [6.07, 6.45) is 0.748. The van der Waals surface area contributed by atoms with E-state index >= 15 is 0 Å². The smallest absolute Gasteiger partial charge is 0.325 e. The summed E-state index contributed by atoms with van der Waals surface area (Å²) in [5.74, 6) is -0.721. The van der Waals surface area contributed by atoms with Crippen LogP contribution in [0.15, 0.2) is 30.3 Å². The van der Waals surface area contributed by atoms with Gasteiger partial charge in [0.1, 0.15) is 5.54 Å². The molecule has 5 amide bonds. The minimum atomic E-state index is -0.911. The number of amides is 5. The zero-order valence-corrected chi connectivity index (χ0v) is 15.5. The van der Waals surface area contributed by atoms with E-state index < -0.39 is 5.54 Å². The third-order valence-electron chi connectivity index (χ3n) is 5.12. The molecule has 2 aliphatic heterocycles. The summed E-state index contributed by atoms with van der Waals surface area (Å²) in [4.78, 5) is 52.0. The van der Waals surface area contributed by atoms with Gasteiger partial charge in [-0.1, -0.05) is 18.2 Å². The highest BCUT2D eigenvalue weighted by molar-refractivity contribution is 6.07. The largest absolute Gasteiger partial charge is 0.343 e. The van der Waals surface area contributed by atoms with Gasteiger partial charge in [0.2, 0.25) is 5.91 Å². The second kappa shape index (κ2) is 7.38. The minimum Gasteiger partial charge on any atom is -0.343 e. The Bertz CT molecular complexity index is 754. The van der Waals surface area contributed by atoms with Crippen LogP contribution in [-0.4, -0.2) is 64.8 Å². The monoisotopic (exact) mass is 372 g/mol. The maximum atomic E-state index is 12.7. The van der Waals surface area contributed by atoms with Crippen molar-refractivity contribution in [1.29, 1.82) is 0 Å². The normalized spacial score (nSPS) is 18.8. The van der Waals surface area contributed by atoms with Crippen LogP contribution in [0.3, 0.4) is 0 Å². The first-order valence-electron chi connectivity index (χ1n) is 9.11. The van der Waals surface area contributed by atoms with Crippen molar-refractivity contribution >= 4 is 23.8 Å². The maximum Gasteiger partial charge on any atom is 0.325 e. The number of imide groups is 1. The highest BCUT2D eigenvalue weighted by Crippen LogP contribution is 2.30. The number of nitrogens with zero attached hydrogens (tertiary/aromatic N) is 2. The molecule has 144 valence electrons. The van der Waals surface area contributed by atoms with Gasteiger partial charge in [-0.2, -0.15) is 0 Å². The Balaban J connectivity index is 1.53. The Morgan fingerprint density at radius 1 is 1.15 bits per heavy atom. The van der Waals surface area contributed by atoms with Gasteiger partial charge in [0.05, 0.1) is 6.54 Å². The van der Waals surface area contributed by atoms with Crippen molar-refractivity contribution in [2.45, 2.75) is 38.3 Å². The van der Waals surface area contributed by atoms with E-state index in [1.165, 1.54) is 4.90 Å². The fourth-order valence-corrected chi connectivity index (χ4v) is 3.55. The van der Waals surface area contributed by atoms with Gasteiger partial charge in [-0.25, -0.2) is 4.79 Å². The van der Waals surface area contributed by atoms with Crippen molar-refractivity contribution < 1.29 is 19.2 Å². The van der Waals surface area contributed by atoms with Crippen molar-refractivity contribution in [2.24, 2.45) is 0 Å². The highest BCUT2D eigenvalue weighted by atomic mass is 16.2. The molecular formula is C19H24N4O4. The summed E-state index contributed by atoms with van der Waals surface area (Å²) in [7, 11) is 0. The van der Waals surface area contributed by atoms with Gasteiger partial charge < -0.3 is 15.5 Å². The molecule has 2 heterocycles. The molecule has 8 heteroatoms. The van der Waals surface area contributed by atoms with Gasteiger partial charge in [0, 0.05) is 24.7 Å². The second-order valence-electron chi connectivity index (χ2n) is 7.21. The summed E-state index contributed by atoms with van der Waals surface area (Å²) in [6.45, 7) is 4.21. The average molecular weight is 372 g/mol. The summed E-state index contributed by atoms with van der Waals surface area (Å²) in [5.41, 5.74) is -0.415. The molecule has 0 saturated carbocycles. The standard InChI is InChI=1S/C19H24N4O4/c1-13(2)23-17(26)19(21-18(23)27)8-10-22(11-9-19)15(24)12-20-16(25)14-6-4-3-5-7-14/h3-7,13H,8-12H2,1-2H3,(H,20,25)(H,21,27). The number of carbonyl (C=O) groups is 4. The number of carbonyl (C=O) groups excluding carboxylic acids is 4. The van der Waals surface area contributed by atoms with Crippen LogP contribution in [0, 0.1) is 0 Å². The molecule has 2 N–H and O–H groups in total. The molecule has 0 atom stereocenters. The number of piperidine rings is 1. The minimum absolute atomic E-state index is 0.0981. The van der Waals surface area contributed by atoms with Crippen molar-refractivity contribution in [3.05, 3.63) is 35.9 Å². The highest BCUT2D eigenvalue weighted by Gasteiger charge is 2.53. The Labute approximate surface area is 157 Å². The molecule has 27 heavy (non-hydrogen) atoms. The Morgan fingerprint density at radius 2 is 1.78 bits per heavy atom. The molecule has 8 nitrogen and oxygen atoms in total. The predicted molar refractivity (Wildman–Crippen MR) is 97.8 cm³/mol. The number of rotatable bonds is 4. The van der Waals surface area contributed by atoms with Gasteiger partial charge >= 0.3 is 6.03 Å². The SMILES string of the molecule is CC(C)N1C(=O)NC2(CCN(C(=O)CNC(=O)c3ccccc3)CC2)C1=O. The van der Waals surface area contributed by atoms with Crippen molar-refractivity contribution in [1.82, 2.24) is 20.4 Å². The van der Waals surface area contributed by atoms with Crippen LogP contribution in [0.2, 0.25) is 0 Å². The van der Waals surface area contributed by atoms with Crippen molar-refractivity contribution in [3.8, 4) is 0 Å². The van der Waals surface area contributed by atoms with Crippen LogP contribution in [0.5, 0.6) is 0 Å². The second-order valence-corrected chi connectivity index (χ2v) is 7.21. The van der Waals surface area contributed by atoms with Crippen LogP contribution in [-0.2, 0) is 9.59 Å². The van der Waals surface area contributed by atoms with E-state index in [0.29, 0.717) is 31.5 Å². The number of nitrogens with one attached hydrogen (secondary N) is 2. The van der Waals surface area contributed by atoms with Crippen LogP contribution in [0.4, 0.5) is 4.79 Å². The maximum absolute atomic E-state index is 12.7. The van der Waals surface area contributed by atoms with Gasteiger partial charge in [-0.15, -0.1) is 0 Å². The molecule has 2 fully saturated rings. The van der Waals surface area contributed by atoms with Gasteiger partial charge in [-0.3, -0.25) is 19.3 Å². The lowest BCUT2D eigenvalue weighted by Gasteiger charge is -2.37. The number of likely N-dealkylation sites (tertiary alicyclic amines) is 1. The topological polar surface area (TPSA) is 98.8 Å². The number of urea groups is 1. The molecular weight excluding hydrogens is 348 g/mol. The van der Waals surface area contributed by atoms with E-state index in [9.17, 15) is 19.2 Å². The fourth-order valence-electron chi connectivity index (χ4n) is 3.55. The van der Waals surface area contributed by atoms with E-state index in [1.54, 1.807) is 43.0 Å². The van der Waals surface area contributed by atoms with Gasteiger partial charge in [-0.05, 0) is 38.8 Å². The lowest BCUT2D eigenvalue weighted by molar-refractivity contribution is -0.138. The Kier molecular flexibility index (Phi) is 5.16. The lowest BCUT2D eigenvalue weighted by atomic mass is 9.87. The molecule has 0 radical (unpaired) electrons. The summed E-state index contributed by atoms with van der Waals surface area (Å²) < 4.78 is 0. The number of benzene rings is 1. The fraction of sp³-hybridized carbons (Fsp3) is 0.474. The van der Waals surface area contributed by atoms with E-state index in [1.807, 2.05) is 6.07 Å². The molecule has 1 spiro atoms. The average Bonchev–Trinajstić information content (AvgIpc) is 2.90. The lowest BCUT2D eigenvalue weighted by Crippen LogP contribution is -2.57. The van der Waals surface area contributed by atoms with Crippen molar-refractivity contribution in [3.63, 3.8) is 0 Å². The zero-order chi connectivity index (χ0) is 19.6. The summed E-state index contributed by atoms with van der Waals surface area (Å²) in [5, 5.41) is 5.43. The van der Waals surface area contributed by atoms with Crippen LogP contribution in [0.25, 0.3) is 0 Å². The molecule has 0 unspecified atom stereocenters. The van der Waals surface area contributed by atoms with Gasteiger partial charge in [0.25, 0.3) is 11.8 Å². The van der Waals surface area contributed by atoms with Gasteiger partial charge in [0.15, 0.2) is 0 Å². The quantitative estimate of drug-likeness (QED) is 0.762. The van der Waals surface area contributed by atoms with E-state index in [2.05, 4.69) is 10.6 Å². The molecule has 0 aliphatic carbocycles. The first kappa shape index (κ1) is 18.9. The van der Waals surface area contributed by atoms with E-state index in [4.69, 9.17) is 0 Å². The predicted octanol–water partition coefficient (Wildman–Crippen LogP) is 0.738. The van der Waals surface area contributed by atoms with Crippen LogP contribution in [0.1, 0.15) is 37.0 Å². The van der Waals surface area contributed by atoms with E-state index in [-0.39, 0.29) is 36.3 Å². The molecule has 2 aliphatic rings. The Morgan fingerprint density at radius 3 is 2.33 bits per heavy atom.